The molecule has 1 aliphatic carbocycles. The van der Waals surface area contributed by atoms with Crippen molar-refractivity contribution in [1.29, 1.82) is 0 Å². The van der Waals surface area contributed by atoms with Gasteiger partial charge in [-0.1, -0.05) is 18.7 Å². The summed E-state index contributed by atoms with van der Waals surface area (Å²) in [7, 11) is 1.33. The first-order valence-corrected chi connectivity index (χ1v) is 7.61. The Labute approximate surface area is 134 Å². The molecule has 0 aromatic heterocycles. The van der Waals surface area contributed by atoms with Gasteiger partial charge in [0.05, 0.1) is 7.11 Å². The second-order valence-electron chi connectivity index (χ2n) is 5.89. The first-order valence-electron chi connectivity index (χ1n) is 7.61. The summed E-state index contributed by atoms with van der Waals surface area (Å²) in [5.41, 5.74) is 2.83. The van der Waals surface area contributed by atoms with Crippen LogP contribution in [0.25, 0.3) is 0 Å². The van der Waals surface area contributed by atoms with Crippen molar-refractivity contribution >= 4 is 11.8 Å². The maximum Gasteiger partial charge on any atom is 0.315 e. The zero-order valence-electron chi connectivity index (χ0n) is 13.0. The molecule has 1 aliphatic heterocycles. The fourth-order valence-corrected chi connectivity index (χ4v) is 3.44. The van der Waals surface area contributed by atoms with Gasteiger partial charge in [-0.3, -0.25) is 9.59 Å². The summed E-state index contributed by atoms with van der Waals surface area (Å²) < 4.78 is 4.93. The predicted octanol–water partition coefficient (Wildman–Crippen LogP) is 2.39. The minimum atomic E-state index is -0.662. The molecule has 0 saturated carbocycles. The first kappa shape index (κ1) is 15.3. The molecule has 23 heavy (non-hydrogen) atoms. The van der Waals surface area contributed by atoms with Crippen molar-refractivity contribution in [3.8, 4) is 5.75 Å². The lowest BCUT2D eigenvalue weighted by Gasteiger charge is -2.38. The van der Waals surface area contributed by atoms with Gasteiger partial charge in [0, 0.05) is 29.3 Å². The number of carbonyl (C=O) groups is 2. The molecule has 0 saturated heterocycles. The Bertz CT molecular complexity index is 702. The summed E-state index contributed by atoms with van der Waals surface area (Å²) in [6.07, 6.45) is 2.04. The number of aromatic hydroxyl groups is 1. The van der Waals surface area contributed by atoms with Crippen LogP contribution >= 0.6 is 0 Å². The number of phenolic OH excluding ortho intramolecular Hbond substituents is 1. The lowest BCUT2D eigenvalue weighted by molar-refractivity contribution is -0.144. The molecule has 2 N–H and O–H groups in total. The van der Waals surface area contributed by atoms with Gasteiger partial charge in [0.25, 0.3) is 0 Å². The number of hydrogen-bond acceptors (Lipinski definition) is 5. The number of esters is 1. The molecule has 1 heterocycles. The minimum absolute atomic E-state index is 0.0539. The summed E-state index contributed by atoms with van der Waals surface area (Å²) in [4.78, 5) is 24.8. The summed E-state index contributed by atoms with van der Waals surface area (Å²) in [5, 5.41) is 12.7. The van der Waals surface area contributed by atoms with Crippen molar-refractivity contribution in [2.24, 2.45) is 5.92 Å². The van der Waals surface area contributed by atoms with Crippen LogP contribution in [-0.4, -0.2) is 24.0 Å². The standard InChI is InChI=1S/C18H19NO4/c1-10-15(18(22)23-2)16(11-6-8-12(20)9-7-11)17-13(19-10)4-3-5-14(17)21/h6-9,15-16,19-20H,1,3-5H2,2H3. The number of nitrogens with one attached hydrogen (secondary N) is 1. The van der Waals surface area contributed by atoms with Crippen molar-refractivity contribution < 1.29 is 19.4 Å². The molecular formula is C18H19NO4. The van der Waals surface area contributed by atoms with Gasteiger partial charge in [-0.15, -0.1) is 0 Å². The van der Waals surface area contributed by atoms with Crippen LogP contribution in [-0.2, 0) is 14.3 Å². The van der Waals surface area contributed by atoms with Gasteiger partial charge in [-0.2, -0.15) is 0 Å². The van der Waals surface area contributed by atoms with Crippen molar-refractivity contribution in [1.82, 2.24) is 5.32 Å². The largest absolute Gasteiger partial charge is 0.508 e. The molecule has 2 atom stereocenters. The number of hydrogen-bond donors (Lipinski definition) is 2. The third kappa shape index (κ3) is 2.63. The van der Waals surface area contributed by atoms with Gasteiger partial charge in [0.15, 0.2) is 5.78 Å². The summed E-state index contributed by atoms with van der Waals surface area (Å²) in [6, 6.07) is 6.59. The van der Waals surface area contributed by atoms with Crippen LogP contribution in [0.2, 0.25) is 0 Å². The molecule has 120 valence electrons. The molecule has 1 aromatic rings. The number of ether oxygens (including phenoxy) is 1. The highest BCUT2D eigenvalue weighted by Crippen LogP contribution is 2.44. The average Bonchev–Trinajstić information content (AvgIpc) is 2.54. The average molecular weight is 313 g/mol. The maximum absolute atomic E-state index is 12.5. The zero-order valence-corrected chi connectivity index (χ0v) is 13.0. The number of rotatable bonds is 2. The van der Waals surface area contributed by atoms with Crippen molar-refractivity contribution in [3.05, 3.63) is 53.4 Å². The van der Waals surface area contributed by atoms with Crippen LogP contribution < -0.4 is 5.32 Å². The van der Waals surface area contributed by atoms with Gasteiger partial charge in [0.2, 0.25) is 0 Å². The molecular weight excluding hydrogens is 294 g/mol. The van der Waals surface area contributed by atoms with Crippen molar-refractivity contribution in [2.75, 3.05) is 7.11 Å². The Balaban J connectivity index is 2.16. The predicted molar refractivity (Wildman–Crippen MR) is 84.5 cm³/mol. The van der Waals surface area contributed by atoms with Gasteiger partial charge >= 0.3 is 5.97 Å². The van der Waals surface area contributed by atoms with Gasteiger partial charge in [-0.05, 0) is 30.5 Å². The van der Waals surface area contributed by atoms with E-state index in [0.29, 0.717) is 17.7 Å². The van der Waals surface area contributed by atoms with E-state index in [9.17, 15) is 14.7 Å². The number of phenols is 1. The van der Waals surface area contributed by atoms with Crippen LogP contribution in [0.5, 0.6) is 5.75 Å². The zero-order chi connectivity index (χ0) is 16.6. The molecule has 2 unspecified atom stereocenters. The Morgan fingerprint density at radius 2 is 2.00 bits per heavy atom. The van der Waals surface area contributed by atoms with E-state index in [1.807, 2.05) is 0 Å². The molecule has 0 radical (unpaired) electrons. The Hall–Kier alpha value is -2.56. The van der Waals surface area contributed by atoms with Crippen LogP contribution in [0.1, 0.15) is 30.7 Å². The van der Waals surface area contributed by atoms with Gasteiger partial charge in [0.1, 0.15) is 11.7 Å². The summed E-state index contributed by atoms with van der Waals surface area (Å²) in [5.74, 6) is -1.33. The number of carbonyl (C=O) groups excluding carboxylic acids is 2. The SMILES string of the molecule is C=C1NC2=C(C(=O)CCC2)C(c2ccc(O)cc2)C1C(=O)OC. The van der Waals surface area contributed by atoms with E-state index in [1.54, 1.807) is 24.3 Å². The highest BCUT2D eigenvalue weighted by Gasteiger charge is 2.43. The lowest BCUT2D eigenvalue weighted by atomic mass is 9.71. The number of ketones is 1. The number of allylic oxidation sites excluding steroid dienone is 2. The van der Waals surface area contributed by atoms with Crippen molar-refractivity contribution in [3.63, 3.8) is 0 Å². The summed E-state index contributed by atoms with van der Waals surface area (Å²) >= 11 is 0. The van der Waals surface area contributed by atoms with E-state index in [4.69, 9.17) is 4.74 Å². The maximum atomic E-state index is 12.5. The van der Waals surface area contributed by atoms with Gasteiger partial charge < -0.3 is 15.2 Å². The fraction of sp³-hybridized carbons (Fsp3) is 0.333. The number of Topliss-reactive ketones (excluding diaryl/α,β-unsaturated/α-hetero) is 1. The molecule has 5 heteroatoms. The van der Waals surface area contributed by atoms with E-state index in [2.05, 4.69) is 11.9 Å². The Morgan fingerprint density at radius 3 is 2.65 bits per heavy atom. The minimum Gasteiger partial charge on any atom is -0.508 e. The van der Waals surface area contributed by atoms with Gasteiger partial charge in [-0.25, -0.2) is 0 Å². The molecule has 2 aliphatic rings. The monoisotopic (exact) mass is 313 g/mol. The van der Waals surface area contributed by atoms with E-state index < -0.39 is 17.8 Å². The van der Waals surface area contributed by atoms with E-state index in [0.717, 1.165) is 24.1 Å². The molecule has 1 aromatic carbocycles. The molecule has 0 bridgehead atoms. The van der Waals surface area contributed by atoms with Crippen LogP contribution in [0.4, 0.5) is 0 Å². The molecule has 0 fully saturated rings. The molecule has 0 amide bonds. The highest BCUT2D eigenvalue weighted by atomic mass is 16.5. The quantitative estimate of drug-likeness (QED) is 0.820. The highest BCUT2D eigenvalue weighted by molar-refractivity contribution is 6.00. The molecule has 0 spiro atoms. The van der Waals surface area contributed by atoms with Crippen molar-refractivity contribution in [2.45, 2.75) is 25.2 Å². The molecule has 5 nitrogen and oxygen atoms in total. The third-order valence-electron chi connectivity index (χ3n) is 4.49. The van der Waals surface area contributed by atoms with Crippen LogP contribution in [0.3, 0.4) is 0 Å². The van der Waals surface area contributed by atoms with Crippen LogP contribution in [0, 0.1) is 5.92 Å². The Morgan fingerprint density at radius 1 is 1.30 bits per heavy atom. The summed E-state index contributed by atoms with van der Waals surface area (Å²) in [6.45, 7) is 3.97. The fourth-order valence-electron chi connectivity index (χ4n) is 3.44. The van der Waals surface area contributed by atoms with E-state index in [1.165, 1.54) is 7.11 Å². The smallest absolute Gasteiger partial charge is 0.315 e. The normalized spacial score (nSPS) is 24.0. The van der Waals surface area contributed by atoms with E-state index in [-0.39, 0.29) is 11.5 Å². The third-order valence-corrected chi connectivity index (χ3v) is 4.49. The van der Waals surface area contributed by atoms with E-state index >= 15 is 0 Å². The first-order chi connectivity index (χ1) is 11.0. The second kappa shape index (κ2) is 5.91. The second-order valence-corrected chi connectivity index (χ2v) is 5.89. The number of benzene rings is 1. The van der Waals surface area contributed by atoms with Crippen LogP contribution in [0.15, 0.2) is 47.8 Å². The Kier molecular flexibility index (Phi) is 3.94. The molecule has 3 rings (SSSR count). The topological polar surface area (TPSA) is 75.6 Å². The number of methoxy groups -OCH3 is 1. The lowest BCUT2D eigenvalue weighted by Crippen LogP contribution is -2.40.